The van der Waals surface area contributed by atoms with Crippen molar-refractivity contribution >= 4 is 103 Å². The molecule has 12 rings (SSSR count). The quantitative estimate of drug-likeness (QED) is 0.163. The number of rotatable bonds is 5. The second-order valence-electron chi connectivity index (χ2n) is 14.8. The Morgan fingerprint density at radius 3 is 1.88 bits per heavy atom. The maximum atomic E-state index is 7.12. The van der Waals surface area contributed by atoms with Crippen molar-refractivity contribution in [2.45, 2.75) is 0 Å². The number of benzene rings is 10. The summed E-state index contributed by atoms with van der Waals surface area (Å²) in [6, 6.07) is 72.6. The molecule has 0 unspecified atom stereocenters. The van der Waals surface area contributed by atoms with Gasteiger partial charge in [-0.25, -0.2) is 0 Å². The standard InChI is InChI=1S/C54H33NOS/c1-2-13-35(14-3-1)42-21-11-23-44-45-24-12-25-49(53(45)56-52(42)44)55(38-29-30-41-37(33-38)28-27-36-16-5-6-18-39(36)41)48-32-31-46(43-22-10-17-34-15-4-7-19-40(34)43)54-51(48)47-20-8-9-26-50(47)57-54/h1-33H. The largest absolute Gasteiger partial charge is 0.453 e. The zero-order valence-corrected chi connectivity index (χ0v) is 31.6. The summed E-state index contributed by atoms with van der Waals surface area (Å²) in [4.78, 5) is 2.44. The highest BCUT2D eigenvalue weighted by Gasteiger charge is 2.25. The molecule has 2 aromatic heterocycles. The van der Waals surface area contributed by atoms with E-state index in [-0.39, 0.29) is 0 Å². The number of anilines is 3. The molecule has 10 aromatic carbocycles. The molecule has 0 radical (unpaired) electrons. The minimum atomic E-state index is 0.861. The highest BCUT2D eigenvalue weighted by atomic mass is 32.1. The van der Waals surface area contributed by atoms with E-state index in [4.69, 9.17) is 4.42 Å². The van der Waals surface area contributed by atoms with Crippen molar-refractivity contribution in [3.63, 3.8) is 0 Å². The van der Waals surface area contributed by atoms with Crippen LogP contribution in [0.3, 0.4) is 0 Å². The van der Waals surface area contributed by atoms with Gasteiger partial charge in [-0.3, -0.25) is 0 Å². The van der Waals surface area contributed by atoms with Crippen LogP contribution in [0.2, 0.25) is 0 Å². The van der Waals surface area contributed by atoms with Crippen LogP contribution >= 0.6 is 11.3 Å². The van der Waals surface area contributed by atoms with E-state index in [0.29, 0.717) is 0 Å². The number of hydrogen-bond acceptors (Lipinski definition) is 3. The fraction of sp³-hybridized carbons (Fsp3) is 0. The normalized spacial score (nSPS) is 11.9. The monoisotopic (exact) mass is 743 g/mol. The molecular formula is C54H33NOS. The van der Waals surface area contributed by atoms with Crippen molar-refractivity contribution in [3.05, 3.63) is 200 Å². The molecule has 12 aromatic rings. The summed E-state index contributed by atoms with van der Waals surface area (Å²) in [6.45, 7) is 0. The van der Waals surface area contributed by atoms with Crippen LogP contribution in [0.15, 0.2) is 205 Å². The Morgan fingerprint density at radius 2 is 1.00 bits per heavy atom. The van der Waals surface area contributed by atoms with Gasteiger partial charge in [-0.15, -0.1) is 11.3 Å². The van der Waals surface area contributed by atoms with E-state index >= 15 is 0 Å². The van der Waals surface area contributed by atoms with Crippen molar-refractivity contribution in [3.8, 4) is 22.3 Å². The number of thiophene rings is 1. The van der Waals surface area contributed by atoms with Gasteiger partial charge in [0.15, 0.2) is 5.58 Å². The molecule has 57 heavy (non-hydrogen) atoms. The molecule has 0 spiro atoms. The smallest absolute Gasteiger partial charge is 0.159 e. The van der Waals surface area contributed by atoms with E-state index in [1.165, 1.54) is 63.6 Å². The van der Waals surface area contributed by atoms with Gasteiger partial charge in [0.2, 0.25) is 0 Å². The molecular weight excluding hydrogens is 711 g/mol. The van der Waals surface area contributed by atoms with Gasteiger partial charge in [0, 0.05) is 47.8 Å². The molecule has 0 aliphatic carbocycles. The van der Waals surface area contributed by atoms with Crippen LogP contribution in [0.5, 0.6) is 0 Å². The molecule has 0 saturated carbocycles. The van der Waals surface area contributed by atoms with Crippen LogP contribution in [-0.4, -0.2) is 0 Å². The van der Waals surface area contributed by atoms with Gasteiger partial charge < -0.3 is 9.32 Å². The zero-order valence-electron chi connectivity index (χ0n) is 30.8. The maximum absolute atomic E-state index is 7.12. The van der Waals surface area contributed by atoms with E-state index in [0.717, 1.165) is 50.1 Å². The Kier molecular flexibility index (Phi) is 7.13. The number of nitrogens with zero attached hydrogens (tertiary/aromatic N) is 1. The molecule has 2 nitrogen and oxygen atoms in total. The Hall–Kier alpha value is -7.20. The third-order valence-corrected chi connectivity index (χ3v) is 12.8. The molecule has 266 valence electrons. The van der Waals surface area contributed by atoms with E-state index in [1.807, 2.05) is 11.3 Å². The maximum Gasteiger partial charge on any atom is 0.159 e. The van der Waals surface area contributed by atoms with Gasteiger partial charge in [-0.1, -0.05) is 170 Å². The van der Waals surface area contributed by atoms with E-state index < -0.39 is 0 Å². The molecule has 0 amide bonds. The average molecular weight is 744 g/mol. The van der Waals surface area contributed by atoms with Crippen molar-refractivity contribution in [1.82, 2.24) is 0 Å². The number of fused-ring (bicyclic) bond motifs is 10. The van der Waals surface area contributed by atoms with Gasteiger partial charge in [-0.05, 0) is 73.8 Å². The molecule has 2 heterocycles. The Bertz CT molecular complexity index is 3530. The van der Waals surface area contributed by atoms with Crippen molar-refractivity contribution < 1.29 is 4.42 Å². The predicted octanol–water partition coefficient (Wildman–Crippen LogP) is 16.2. The first-order valence-corrected chi connectivity index (χ1v) is 20.2. The van der Waals surface area contributed by atoms with Gasteiger partial charge in [-0.2, -0.15) is 0 Å². The molecule has 0 aliphatic rings. The van der Waals surface area contributed by atoms with E-state index in [2.05, 4.69) is 205 Å². The third-order valence-electron chi connectivity index (χ3n) is 11.6. The topological polar surface area (TPSA) is 16.4 Å². The SMILES string of the molecule is c1ccc(-c2cccc3c2oc2c(N(c4ccc5c(ccc6ccccc65)c4)c4ccc(-c5cccc6ccccc56)c5sc6ccccc6c45)cccc23)cc1. The van der Waals surface area contributed by atoms with E-state index in [1.54, 1.807) is 0 Å². The fourth-order valence-electron chi connectivity index (χ4n) is 9.04. The molecule has 0 atom stereocenters. The van der Waals surface area contributed by atoms with Gasteiger partial charge in [0.1, 0.15) is 5.58 Å². The molecule has 0 fully saturated rings. The van der Waals surface area contributed by atoms with Gasteiger partial charge in [0.25, 0.3) is 0 Å². The lowest BCUT2D eigenvalue weighted by atomic mass is 9.95. The van der Waals surface area contributed by atoms with E-state index in [9.17, 15) is 0 Å². The summed E-state index contributed by atoms with van der Waals surface area (Å²) in [6.07, 6.45) is 0. The average Bonchev–Trinajstić information content (AvgIpc) is 3.87. The summed E-state index contributed by atoms with van der Waals surface area (Å²) in [7, 11) is 0. The second-order valence-corrected chi connectivity index (χ2v) is 15.8. The Morgan fingerprint density at radius 1 is 0.368 bits per heavy atom. The summed E-state index contributed by atoms with van der Waals surface area (Å²) < 4.78 is 9.65. The zero-order chi connectivity index (χ0) is 37.5. The second kappa shape index (κ2) is 12.7. The molecule has 3 heteroatoms. The van der Waals surface area contributed by atoms with Crippen LogP contribution in [0.4, 0.5) is 17.1 Å². The number of para-hydroxylation sites is 2. The fourth-order valence-corrected chi connectivity index (χ4v) is 10.3. The highest BCUT2D eigenvalue weighted by molar-refractivity contribution is 7.26. The molecule has 0 aliphatic heterocycles. The summed E-state index contributed by atoms with van der Waals surface area (Å²) in [5, 5.41) is 12.1. The van der Waals surface area contributed by atoms with Crippen molar-refractivity contribution in [1.29, 1.82) is 0 Å². The van der Waals surface area contributed by atoms with Crippen LogP contribution in [0, 0.1) is 0 Å². The minimum absolute atomic E-state index is 0.861. The predicted molar refractivity (Wildman–Crippen MR) is 245 cm³/mol. The lowest BCUT2D eigenvalue weighted by Crippen LogP contribution is -2.11. The first kappa shape index (κ1) is 32.1. The highest BCUT2D eigenvalue weighted by Crippen LogP contribution is 2.51. The van der Waals surface area contributed by atoms with Gasteiger partial charge in [0.05, 0.1) is 11.4 Å². The van der Waals surface area contributed by atoms with Gasteiger partial charge >= 0.3 is 0 Å². The Labute approximate surface area is 333 Å². The summed E-state index contributed by atoms with van der Waals surface area (Å²) in [5.41, 5.74) is 9.65. The summed E-state index contributed by atoms with van der Waals surface area (Å²) >= 11 is 1.87. The van der Waals surface area contributed by atoms with Crippen LogP contribution in [-0.2, 0) is 0 Å². The van der Waals surface area contributed by atoms with Crippen LogP contribution < -0.4 is 4.90 Å². The molecule has 0 bridgehead atoms. The molecule has 0 saturated heterocycles. The first-order valence-electron chi connectivity index (χ1n) is 19.4. The van der Waals surface area contributed by atoms with Crippen molar-refractivity contribution in [2.75, 3.05) is 4.90 Å². The number of hydrogen-bond donors (Lipinski definition) is 0. The third kappa shape index (κ3) is 4.96. The Balaban J connectivity index is 1.18. The summed E-state index contributed by atoms with van der Waals surface area (Å²) in [5.74, 6) is 0. The molecule has 0 N–H and O–H groups in total. The van der Waals surface area contributed by atoms with Crippen LogP contribution in [0.1, 0.15) is 0 Å². The minimum Gasteiger partial charge on any atom is -0.453 e. The number of furan rings is 1. The lowest BCUT2D eigenvalue weighted by Gasteiger charge is -2.27. The lowest BCUT2D eigenvalue weighted by molar-refractivity contribution is 0.670. The first-order chi connectivity index (χ1) is 28.3. The van der Waals surface area contributed by atoms with Crippen LogP contribution in [0.25, 0.3) is 96.7 Å². The van der Waals surface area contributed by atoms with Crippen molar-refractivity contribution in [2.24, 2.45) is 0 Å².